The normalized spacial score (nSPS) is 14.0. The molecule has 0 saturated carbocycles. The monoisotopic (exact) mass is 310 g/mol. The molecule has 1 aliphatic heterocycles. The summed E-state index contributed by atoms with van der Waals surface area (Å²) in [5.74, 6) is 0.620. The van der Waals surface area contributed by atoms with Crippen LogP contribution < -0.4 is 10.2 Å². The van der Waals surface area contributed by atoms with Gasteiger partial charge < -0.3 is 10.2 Å². The number of nitrogens with one attached hydrogen (secondary N) is 1. The predicted molar refractivity (Wildman–Crippen MR) is 90.6 cm³/mol. The summed E-state index contributed by atoms with van der Waals surface area (Å²) in [7, 11) is 0. The van der Waals surface area contributed by atoms with Crippen molar-refractivity contribution in [3.63, 3.8) is 0 Å². The van der Waals surface area contributed by atoms with Crippen LogP contribution in [0.4, 0.5) is 5.95 Å². The molecule has 3 rings (SSSR count). The molecule has 23 heavy (non-hydrogen) atoms. The molecule has 5 nitrogen and oxygen atoms in total. The molecule has 0 unspecified atom stereocenters. The van der Waals surface area contributed by atoms with E-state index in [-0.39, 0.29) is 5.91 Å². The number of anilines is 1. The van der Waals surface area contributed by atoms with Gasteiger partial charge in [-0.3, -0.25) is 4.79 Å². The fourth-order valence-electron chi connectivity index (χ4n) is 2.76. The van der Waals surface area contributed by atoms with Crippen molar-refractivity contribution in [2.75, 3.05) is 24.5 Å². The van der Waals surface area contributed by atoms with E-state index in [4.69, 9.17) is 0 Å². The SMILES string of the molecule is O=C(NCCCc1ccccc1)c1cnc(N2CCCC2)nc1. The number of hydrogen-bond acceptors (Lipinski definition) is 4. The van der Waals surface area contributed by atoms with Crippen molar-refractivity contribution in [1.82, 2.24) is 15.3 Å². The first-order valence-electron chi connectivity index (χ1n) is 8.22. The maximum Gasteiger partial charge on any atom is 0.254 e. The van der Waals surface area contributed by atoms with Crippen LogP contribution in [0.15, 0.2) is 42.7 Å². The number of carbonyl (C=O) groups is 1. The van der Waals surface area contributed by atoms with Crippen molar-refractivity contribution in [2.45, 2.75) is 25.7 Å². The van der Waals surface area contributed by atoms with Crippen LogP contribution in [0.5, 0.6) is 0 Å². The van der Waals surface area contributed by atoms with Gasteiger partial charge in [0.1, 0.15) is 0 Å². The summed E-state index contributed by atoms with van der Waals surface area (Å²) in [6.07, 6.45) is 7.49. The van der Waals surface area contributed by atoms with E-state index in [1.165, 1.54) is 18.4 Å². The predicted octanol–water partition coefficient (Wildman–Crippen LogP) is 2.44. The van der Waals surface area contributed by atoms with E-state index in [0.717, 1.165) is 31.9 Å². The lowest BCUT2D eigenvalue weighted by Gasteiger charge is -2.14. The van der Waals surface area contributed by atoms with Crippen LogP contribution >= 0.6 is 0 Å². The molecule has 0 aliphatic carbocycles. The number of aromatic nitrogens is 2. The maximum absolute atomic E-state index is 12.1. The van der Waals surface area contributed by atoms with Gasteiger partial charge >= 0.3 is 0 Å². The van der Waals surface area contributed by atoms with Gasteiger partial charge in [-0.05, 0) is 31.2 Å². The van der Waals surface area contributed by atoms with E-state index in [2.05, 4.69) is 32.3 Å². The third-order valence-electron chi connectivity index (χ3n) is 4.06. The van der Waals surface area contributed by atoms with Gasteiger partial charge in [0.05, 0.1) is 5.56 Å². The Morgan fingerprint density at radius 2 is 1.78 bits per heavy atom. The molecule has 1 saturated heterocycles. The average Bonchev–Trinajstić information content (AvgIpc) is 3.14. The summed E-state index contributed by atoms with van der Waals surface area (Å²) < 4.78 is 0. The Labute approximate surface area is 136 Å². The topological polar surface area (TPSA) is 58.1 Å². The van der Waals surface area contributed by atoms with Gasteiger partial charge in [-0.15, -0.1) is 0 Å². The van der Waals surface area contributed by atoms with Crippen molar-refractivity contribution in [2.24, 2.45) is 0 Å². The molecule has 1 aliphatic rings. The minimum atomic E-state index is -0.106. The number of amides is 1. The quantitative estimate of drug-likeness (QED) is 0.833. The Kier molecular flexibility index (Phi) is 5.19. The van der Waals surface area contributed by atoms with Crippen molar-refractivity contribution in [3.8, 4) is 0 Å². The maximum atomic E-state index is 12.1. The second-order valence-electron chi connectivity index (χ2n) is 5.81. The molecule has 2 heterocycles. The highest BCUT2D eigenvalue weighted by atomic mass is 16.1. The highest BCUT2D eigenvalue weighted by Crippen LogP contribution is 2.14. The summed E-state index contributed by atoms with van der Waals surface area (Å²) >= 11 is 0. The van der Waals surface area contributed by atoms with E-state index in [0.29, 0.717) is 12.1 Å². The number of hydrogen-bond donors (Lipinski definition) is 1. The summed E-state index contributed by atoms with van der Waals surface area (Å²) in [4.78, 5) is 22.9. The molecule has 1 N–H and O–H groups in total. The lowest BCUT2D eigenvalue weighted by molar-refractivity contribution is 0.0952. The van der Waals surface area contributed by atoms with Gasteiger partial charge in [0.15, 0.2) is 0 Å². The molecule has 1 fully saturated rings. The lowest BCUT2D eigenvalue weighted by atomic mass is 10.1. The first-order valence-corrected chi connectivity index (χ1v) is 8.22. The van der Waals surface area contributed by atoms with Crippen molar-refractivity contribution in [3.05, 3.63) is 53.9 Å². The third kappa shape index (κ3) is 4.28. The summed E-state index contributed by atoms with van der Waals surface area (Å²) in [6, 6.07) is 10.3. The minimum Gasteiger partial charge on any atom is -0.352 e. The molecule has 2 aromatic rings. The number of benzene rings is 1. The van der Waals surface area contributed by atoms with Crippen LogP contribution in [0.25, 0.3) is 0 Å². The fourth-order valence-corrected chi connectivity index (χ4v) is 2.76. The molecule has 0 radical (unpaired) electrons. The lowest BCUT2D eigenvalue weighted by Crippen LogP contribution is -2.26. The van der Waals surface area contributed by atoms with Crippen LogP contribution in [0.2, 0.25) is 0 Å². The number of nitrogens with zero attached hydrogens (tertiary/aromatic N) is 3. The van der Waals surface area contributed by atoms with Crippen molar-refractivity contribution < 1.29 is 4.79 Å². The fraction of sp³-hybridized carbons (Fsp3) is 0.389. The number of rotatable bonds is 6. The van der Waals surface area contributed by atoms with E-state index in [9.17, 15) is 4.79 Å². The summed E-state index contributed by atoms with van der Waals surface area (Å²) in [6.45, 7) is 2.66. The molecule has 120 valence electrons. The average molecular weight is 310 g/mol. The van der Waals surface area contributed by atoms with Gasteiger partial charge in [-0.25, -0.2) is 9.97 Å². The molecular formula is C18H22N4O. The summed E-state index contributed by atoms with van der Waals surface area (Å²) in [5.41, 5.74) is 1.81. The second kappa shape index (κ2) is 7.72. The highest BCUT2D eigenvalue weighted by molar-refractivity contribution is 5.93. The van der Waals surface area contributed by atoms with Crippen molar-refractivity contribution >= 4 is 11.9 Å². The van der Waals surface area contributed by atoms with Crippen LogP contribution in [0, 0.1) is 0 Å². The first kappa shape index (κ1) is 15.5. The molecule has 0 atom stereocenters. The number of carbonyl (C=O) groups excluding carboxylic acids is 1. The Balaban J connectivity index is 1.44. The zero-order valence-electron chi connectivity index (χ0n) is 13.2. The second-order valence-corrected chi connectivity index (χ2v) is 5.81. The molecule has 1 aromatic carbocycles. The Hall–Kier alpha value is -2.43. The van der Waals surface area contributed by atoms with E-state index < -0.39 is 0 Å². The van der Waals surface area contributed by atoms with E-state index >= 15 is 0 Å². The van der Waals surface area contributed by atoms with E-state index in [1.54, 1.807) is 12.4 Å². The van der Waals surface area contributed by atoms with Gasteiger partial charge in [-0.2, -0.15) is 0 Å². The molecule has 1 aromatic heterocycles. The Morgan fingerprint density at radius 1 is 1.09 bits per heavy atom. The molecule has 1 amide bonds. The molecule has 0 spiro atoms. The van der Waals surface area contributed by atoms with E-state index in [1.807, 2.05) is 18.2 Å². The van der Waals surface area contributed by atoms with Crippen molar-refractivity contribution in [1.29, 1.82) is 0 Å². The Morgan fingerprint density at radius 3 is 2.48 bits per heavy atom. The largest absolute Gasteiger partial charge is 0.352 e. The van der Waals surface area contributed by atoms with Crippen LogP contribution in [-0.2, 0) is 6.42 Å². The van der Waals surface area contributed by atoms with Gasteiger partial charge in [0.25, 0.3) is 5.91 Å². The standard InChI is InChI=1S/C18H22N4O/c23-17(19-10-6-9-15-7-2-1-3-8-15)16-13-20-18(21-14-16)22-11-4-5-12-22/h1-3,7-8,13-14H,4-6,9-12H2,(H,19,23). The smallest absolute Gasteiger partial charge is 0.254 e. The van der Waals surface area contributed by atoms with Gasteiger partial charge in [-0.1, -0.05) is 30.3 Å². The zero-order chi connectivity index (χ0) is 15.9. The molecular weight excluding hydrogens is 288 g/mol. The molecule has 5 heteroatoms. The summed E-state index contributed by atoms with van der Waals surface area (Å²) in [5, 5.41) is 2.93. The zero-order valence-corrected chi connectivity index (χ0v) is 13.2. The third-order valence-corrected chi connectivity index (χ3v) is 4.06. The van der Waals surface area contributed by atoms with Crippen LogP contribution in [-0.4, -0.2) is 35.5 Å². The molecule has 0 bridgehead atoms. The van der Waals surface area contributed by atoms with Crippen LogP contribution in [0.3, 0.4) is 0 Å². The van der Waals surface area contributed by atoms with Gasteiger partial charge in [0, 0.05) is 32.0 Å². The van der Waals surface area contributed by atoms with Crippen LogP contribution in [0.1, 0.15) is 35.2 Å². The van der Waals surface area contributed by atoms with Gasteiger partial charge in [0.2, 0.25) is 5.95 Å². The minimum absolute atomic E-state index is 0.106. The highest BCUT2D eigenvalue weighted by Gasteiger charge is 2.15. The first-order chi connectivity index (χ1) is 11.3. The Bertz CT molecular complexity index is 621. The number of aryl methyl sites for hydroxylation is 1.